The number of nitrogens with one attached hydrogen (secondary N) is 1. The Labute approximate surface area is 124 Å². The number of aromatic nitrogens is 2. The lowest BCUT2D eigenvalue weighted by molar-refractivity contribution is 0.719. The Morgan fingerprint density at radius 3 is 2.65 bits per heavy atom. The van der Waals surface area contributed by atoms with E-state index in [-0.39, 0.29) is 0 Å². The van der Waals surface area contributed by atoms with E-state index in [1.54, 1.807) is 6.20 Å². The molecule has 2 aromatic rings. The van der Waals surface area contributed by atoms with Gasteiger partial charge in [0.05, 0.1) is 0 Å². The van der Waals surface area contributed by atoms with Crippen molar-refractivity contribution in [2.45, 2.75) is 39.0 Å². The van der Waals surface area contributed by atoms with Crippen LogP contribution in [0, 0.1) is 0 Å². The summed E-state index contributed by atoms with van der Waals surface area (Å²) in [6, 6.07) is 8.50. The molecule has 0 saturated heterocycles. The van der Waals surface area contributed by atoms with Gasteiger partial charge in [-0.2, -0.15) is 0 Å². The largest absolute Gasteiger partial charge is 0.346 e. The highest BCUT2D eigenvalue weighted by molar-refractivity contribution is 6.30. The summed E-state index contributed by atoms with van der Waals surface area (Å²) in [7, 11) is 0. The zero-order valence-corrected chi connectivity index (χ0v) is 12.6. The number of rotatable bonds is 5. The fraction of sp³-hybridized carbons (Fsp3) is 0.375. The minimum Gasteiger partial charge on any atom is -0.296 e. The van der Waals surface area contributed by atoms with Crippen molar-refractivity contribution >= 4 is 11.6 Å². The zero-order valence-electron chi connectivity index (χ0n) is 11.8. The van der Waals surface area contributed by atoms with E-state index >= 15 is 0 Å². The molecular weight excluding hydrogens is 272 g/mol. The maximum atomic E-state index is 11.0. The molecule has 3 nitrogen and oxygen atoms in total. The van der Waals surface area contributed by atoms with E-state index in [2.05, 4.69) is 48.1 Å². The Morgan fingerprint density at radius 1 is 1.25 bits per heavy atom. The molecule has 0 bridgehead atoms. The van der Waals surface area contributed by atoms with Crippen molar-refractivity contribution in [1.82, 2.24) is 9.97 Å². The minimum atomic E-state index is -0.404. The summed E-state index contributed by atoms with van der Waals surface area (Å²) in [5.41, 5.74) is 3.21. The van der Waals surface area contributed by atoms with E-state index in [1.807, 2.05) is 0 Å². The molecule has 0 amide bonds. The van der Waals surface area contributed by atoms with Crippen LogP contribution in [0.3, 0.4) is 0 Å². The first-order valence-electron chi connectivity index (χ1n) is 6.93. The minimum absolute atomic E-state index is 0.394. The SMILES string of the molecule is CCC(C)c1ccccc1CCc1cnc(=O)[nH]c1Cl. The van der Waals surface area contributed by atoms with Gasteiger partial charge in [0.15, 0.2) is 0 Å². The highest BCUT2D eigenvalue weighted by Crippen LogP contribution is 2.24. The molecular formula is C16H19ClN2O. The summed E-state index contributed by atoms with van der Waals surface area (Å²) in [6.07, 6.45) is 4.36. The van der Waals surface area contributed by atoms with Gasteiger partial charge in [-0.1, -0.05) is 49.7 Å². The van der Waals surface area contributed by atoms with Crippen LogP contribution in [-0.4, -0.2) is 9.97 Å². The second-order valence-corrected chi connectivity index (χ2v) is 5.41. The third-order valence-electron chi connectivity index (χ3n) is 3.70. The second kappa shape index (κ2) is 6.71. The monoisotopic (exact) mass is 290 g/mol. The molecule has 1 heterocycles. The van der Waals surface area contributed by atoms with E-state index in [1.165, 1.54) is 11.1 Å². The number of nitrogens with zero attached hydrogens (tertiary/aromatic N) is 1. The van der Waals surface area contributed by atoms with Gasteiger partial charge in [0.2, 0.25) is 0 Å². The van der Waals surface area contributed by atoms with Gasteiger partial charge in [0.1, 0.15) is 5.15 Å². The van der Waals surface area contributed by atoms with Crippen molar-refractivity contribution in [3.8, 4) is 0 Å². The van der Waals surface area contributed by atoms with Crippen LogP contribution in [0.4, 0.5) is 0 Å². The molecule has 2 rings (SSSR count). The summed E-state index contributed by atoms with van der Waals surface area (Å²) >= 11 is 6.03. The molecule has 106 valence electrons. The van der Waals surface area contributed by atoms with Crippen LogP contribution in [0.15, 0.2) is 35.3 Å². The topological polar surface area (TPSA) is 45.8 Å². The fourth-order valence-electron chi connectivity index (χ4n) is 2.31. The van der Waals surface area contributed by atoms with Gasteiger partial charge < -0.3 is 0 Å². The smallest absolute Gasteiger partial charge is 0.296 e. The zero-order chi connectivity index (χ0) is 14.5. The van der Waals surface area contributed by atoms with Crippen LogP contribution in [-0.2, 0) is 12.8 Å². The van der Waals surface area contributed by atoms with Gasteiger partial charge in [0, 0.05) is 11.8 Å². The van der Waals surface area contributed by atoms with Gasteiger partial charge in [-0.3, -0.25) is 4.98 Å². The number of hydrogen-bond donors (Lipinski definition) is 1. The Kier molecular flexibility index (Phi) is 4.96. The van der Waals surface area contributed by atoms with Crippen molar-refractivity contribution in [2.75, 3.05) is 0 Å². The molecule has 4 heteroatoms. The summed E-state index contributed by atoms with van der Waals surface area (Å²) < 4.78 is 0. The molecule has 1 aromatic heterocycles. The highest BCUT2D eigenvalue weighted by atomic mass is 35.5. The number of aromatic amines is 1. The van der Waals surface area contributed by atoms with Crippen LogP contribution < -0.4 is 5.69 Å². The van der Waals surface area contributed by atoms with Crippen molar-refractivity contribution < 1.29 is 0 Å². The molecule has 0 aliphatic heterocycles. The maximum Gasteiger partial charge on any atom is 0.346 e. The Bertz CT molecular complexity index is 636. The quantitative estimate of drug-likeness (QED) is 0.853. The summed E-state index contributed by atoms with van der Waals surface area (Å²) in [4.78, 5) is 17.3. The van der Waals surface area contributed by atoms with Crippen molar-refractivity contribution in [1.29, 1.82) is 0 Å². The van der Waals surface area contributed by atoms with Crippen LogP contribution in [0.5, 0.6) is 0 Å². The molecule has 1 atom stereocenters. The average Bonchev–Trinajstić information content (AvgIpc) is 2.46. The molecule has 0 aliphatic carbocycles. The third kappa shape index (κ3) is 3.48. The second-order valence-electron chi connectivity index (χ2n) is 5.04. The van der Waals surface area contributed by atoms with Gasteiger partial charge in [-0.15, -0.1) is 0 Å². The van der Waals surface area contributed by atoms with E-state index in [4.69, 9.17) is 11.6 Å². The van der Waals surface area contributed by atoms with E-state index < -0.39 is 5.69 Å². The lowest BCUT2D eigenvalue weighted by Gasteiger charge is -2.15. The number of aryl methyl sites for hydroxylation is 2. The molecule has 0 radical (unpaired) electrons. The lowest BCUT2D eigenvalue weighted by Crippen LogP contribution is -2.11. The molecule has 0 spiro atoms. The first-order chi connectivity index (χ1) is 9.61. The van der Waals surface area contributed by atoms with Gasteiger partial charge >= 0.3 is 5.69 Å². The van der Waals surface area contributed by atoms with Crippen LogP contribution in [0.1, 0.15) is 42.9 Å². The van der Waals surface area contributed by atoms with Crippen molar-refractivity contribution in [2.24, 2.45) is 0 Å². The summed E-state index contributed by atoms with van der Waals surface area (Å²) in [6.45, 7) is 4.44. The first-order valence-corrected chi connectivity index (χ1v) is 7.31. The number of halogens is 1. The predicted molar refractivity (Wildman–Crippen MR) is 82.4 cm³/mol. The van der Waals surface area contributed by atoms with E-state index in [0.29, 0.717) is 11.1 Å². The normalized spacial score (nSPS) is 12.3. The molecule has 1 aromatic carbocycles. The van der Waals surface area contributed by atoms with Crippen LogP contribution in [0.25, 0.3) is 0 Å². The summed E-state index contributed by atoms with van der Waals surface area (Å²) in [5.74, 6) is 0.551. The van der Waals surface area contributed by atoms with Crippen LogP contribution >= 0.6 is 11.6 Å². The molecule has 0 aliphatic rings. The molecule has 0 saturated carbocycles. The van der Waals surface area contributed by atoms with E-state index in [0.717, 1.165) is 24.8 Å². The number of benzene rings is 1. The lowest BCUT2D eigenvalue weighted by atomic mass is 9.91. The highest BCUT2D eigenvalue weighted by Gasteiger charge is 2.09. The third-order valence-corrected chi connectivity index (χ3v) is 4.04. The Morgan fingerprint density at radius 2 is 1.95 bits per heavy atom. The van der Waals surface area contributed by atoms with E-state index in [9.17, 15) is 4.79 Å². The number of H-pyrrole nitrogens is 1. The first kappa shape index (κ1) is 14.8. The number of hydrogen-bond acceptors (Lipinski definition) is 2. The van der Waals surface area contributed by atoms with Gasteiger partial charge in [0.25, 0.3) is 0 Å². The Hall–Kier alpha value is -1.61. The predicted octanol–water partition coefficient (Wildman–Crippen LogP) is 3.72. The summed E-state index contributed by atoms with van der Waals surface area (Å²) in [5, 5.41) is 0.394. The standard InChI is InChI=1S/C16H19ClN2O/c1-3-11(2)14-7-5-4-6-12(14)8-9-13-10-18-16(20)19-15(13)17/h4-7,10-11H,3,8-9H2,1-2H3,(H,18,19,20). The molecule has 20 heavy (non-hydrogen) atoms. The average molecular weight is 291 g/mol. The van der Waals surface area contributed by atoms with Crippen LogP contribution in [0.2, 0.25) is 5.15 Å². The molecule has 1 N–H and O–H groups in total. The molecule has 0 fully saturated rings. The van der Waals surface area contributed by atoms with Gasteiger partial charge in [-0.05, 0) is 36.3 Å². The Balaban J connectivity index is 2.17. The molecule has 1 unspecified atom stereocenters. The maximum absolute atomic E-state index is 11.0. The van der Waals surface area contributed by atoms with Gasteiger partial charge in [-0.25, -0.2) is 9.78 Å². The van der Waals surface area contributed by atoms with Crippen molar-refractivity contribution in [3.63, 3.8) is 0 Å². The fourth-order valence-corrected chi connectivity index (χ4v) is 2.53. The van der Waals surface area contributed by atoms with Crippen molar-refractivity contribution in [3.05, 3.63) is 62.8 Å².